The summed E-state index contributed by atoms with van der Waals surface area (Å²) >= 11 is 0. The van der Waals surface area contributed by atoms with E-state index in [0.29, 0.717) is 0 Å². The number of hydrogen-bond donors (Lipinski definition) is 0. The summed E-state index contributed by atoms with van der Waals surface area (Å²) in [4.78, 5) is 0. The first-order chi connectivity index (χ1) is 13.8. The van der Waals surface area contributed by atoms with Gasteiger partial charge in [0.15, 0.2) is 0 Å². The fourth-order valence-electron chi connectivity index (χ4n) is 3.63. The molecular formula is C25H41N2O+. The highest BCUT2D eigenvalue weighted by molar-refractivity contribution is 5.27. The van der Waals surface area contributed by atoms with Gasteiger partial charge in [-0.15, -0.1) is 0 Å². The van der Waals surface area contributed by atoms with Crippen LogP contribution in [0.3, 0.4) is 0 Å². The van der Waals surface area contributed by atoms with Crippen LogP contribution in [0.25, 0.3) is 0 Å². The van der Waals surface area contributed by atoms with Gasteiger partial charge >= 0.3 is 0 Å². The first-order valence-electron chi connectivity index (χ1n) is 11.5. The molecule has 28 heavy (non-hydrogen) atoms. The van der Waals surface area contributed by atoms with Crippen molar-refractivity contribution in [3.63, 3.8) is 0 Å². The molecule has 0 atom stereocenters. The normalized spacial score (nSPS) is 11.1. The van der Waals surface area contributed by atoms with Crippen molar-refractivity contribution in [2.75, 3.05) is 6.61 Å². The molecule has 2 aromatic rings. The number of unbranched alkanes of at least 4 members (excludes halogenated alkanes) is 11. The molecule has 156 valence electrons. The lowest BCUT2D eigenvalue weighted by molar-refractivity contribution is -0.671. The van der Waals surface area contributed by atoms with Crippen molar-refractivity contribution in [2.24, 2.45) is 7.05 Å². The third-order valence-corrected chi connectivity index (χ3v) is 5.38. The van der Waals surface area contributed by atoms with Gasteiger partial charge in [-0.1, -0.05) is 89.7 Å². The minimum atomic E-state index is 0.838. The van der Waals surface area contributed by atoms with Crippen LogP contribution in [0.15, 0.2) is 43.0 Å². The predicted molar refractivity (Wildman–Crippen MR) is 118 cm³/mol. The molecule has 0 aliphatic carbocycles. The van der Waals surface area contributed by atoms with Crippen LogP contribution in [-0.4, -0.2) is 11.2 Å². The van der Waals surface area contributed by atoms with E-state index in [0.717, 1.165) is 18.9 Å². The molecule has 0 unspecified atom stereocenters. The standard InChI is InChI=1S/C25H41N2O/c1-3-4-5-6-7-8-9-10-11-12-13-14-21-28-25-17-15-24(16-18-25)22-27-20-19-26(2)23-27/h15-20,23H,3-14,21-22H2,1-2H3/q+1. The molecule has 0 fully saturated rings. The van der Waals surface area contributed by atoms with Crippen LogP contribution in [0.1, 0.15) is 89.5 Å². The maximum absolute atomic E-state index is 5.90. The molecule has 0 amide bonds. The smallest absolute Gasteiger partial charge is 0.243 e. The molecule has 1 aromatic heterocycles. The Hall–Kier alpha value is -1.77. The SMILES string of the molecule is CCCCCCCCCCCCCCOc1ccc(Cn2cc[n+](C)c2)cc1. The van der Waals surface area contributed by atoms with E-state index in [1.165, 1.54) is 82.6 Å². The van der Waals surface area contributed by atoms with Crippen LogP contribution >= 0.6 is 0 Å². The van der Waals surface area contributed by atoms with Crippen molar-refractivity contribution in [1.29, 1.82) is 0 Å². The van der Waals surface area contributed by atoms with Crippen LogP contribution in [0.2, 0.25) is 0 Å². The number of aromatic nitrogens is 2. The van der Waals surface area contributed by atoms with E-state index >= 15 is 0 Å². The summed E-state index contributed by atoms with van der Waals surface area (Å²) in [5.74, 6) is 0.991. The minimum Gasteiger partial charge on any atom is -0.494 e. The summed E-state index contributed by atoms with van der Waals surface area (Å²) in [5, 5.41) is 0. The molecule has 0 N–H and O–H groups in total. The van der Waals surface area contributed by atoms with Crippen molar-refractivity contribution < 1.29 is 9.30 Å². The molecule has 0 aliphatic rings. The summed E-state index contributed by atoms with van der Waals surface area (Å²) in [5.41, 5.74) is 1.30. The summed E-state index contributed by atoms with van der Waals surface area (Å²) < 4.78 is 10.1. The van der Waals surface area contributed by atoms with Crippen molar-refractivity contribution in [3.8, 4) is 5.75 Å². The first kappa shape index (κ1) is 22.5. The number of imidazole rings is 1. The fraction of sp³-hybridized carbons (Fsp3) is 0.640. The van der Waals surface area contributed by atoms with Gasteiger partial charge in [0.25, 0.3) is 0 Å². The average molecular weight is 386 g/mol. The van der Waals surface area contributed by atoms with Crippen LogP contribution in [0.4, 0.5) is 0 Å². The molecule has 0 saturated heterocycles. The fourth-order valence-corrected chi connectivity index (χ4v) is 3.63. The van der Waals surface area contributed by atoms with Gasteiger partial charge in [0.1, 0.15) is 24.7 Å². The first-order valence-corrected chi connectivity index (χ1v) is 11.5. The average Bonchev–Trinajstić information content (AvgIpc) is 3.11. The van der Waals surface area contributed by atoms with Gasteiger partial charge in [0, 0.05) is 0 Å². The summed E-state index contributed by atoms with van der Waals surface area (Å²) in [7, 11) is 2.04. The molecule has 0 radical (unpaired) electrons. The molecule has 1 heterocycles. The quantitative estimate of drug-likeness (QED) is 0.240. The molecular weight excluding hydrogens is 344 g/mol. The lowest BCUT2D eigenvalue weighted by Gasteiger charge is -2.07. The summed E-state index contributed by atoms with van der Waals surface area (Å²) in [6.07, 6.45) is 22.8. The molecule has 0 bridgehead atoms. The summed E-state index contributed by atoms with van der Waals surface area (Å²) in [6.45, 7) is 4.02. The molecule has 0 aliphatic heterocycles. The highest BCUT2D eigenvalue weighted by Crippen LogP contribution is 2.15. The number of aryl methyl sites for hydroxylation is 1. The monoisotopic (exact) mass is 385 g/mol. The van der Waals surface area contributed by atoms with Crippen molar-refractivity contribution in [1.82, 2.24) is 4.57 Å². The Morgan fingerprint density at radius 3 is 1.89 bits per heavy atom. The van der Waals surface area contributed by atoms with Gasteiger partial charge in [-0.3, -0.25) is 0 Å². The number of nitrogens with zero attached hydrogens (tertiary/aromatic N) is 2. The predicted octanol–water partition coefficient (Wildman–Crippen LogP) is 6.44. The summed E-state index contributed by atoms with van der Waals surface area (Å²) in [6, 6.07) is 8.52. The van der Waals surface area contributed by atoms with Crippen LogP contribution in [-0.2, 0) is 13.6 Å². The zero-order chi connectivity index (χ0) is 19.9. The van der Waals surface area contributed by atoms with Crippen molar-refractivity contribution in [2.45, 2.75) is 90.5 Å². The van der Waals surface area contributed by atoms with Crippen LogP contribution in [0, 0.1) is 0 Å². The molecule has 0 saturated carbocycles. The van der Waals surface area contributed by atoms with E-state index < -0.39 is 0 Å². The second-order valence-electron chi connectivity index (χ2n) is 8.13. The Bertz CT molecular complexity index is 618. The topological polar surface area (TPSA) is 18.0 Å². The minimum absolute atomic E-state index is 0.838. The number of rotatable bonds is 16. The lowest BCUT2D eigenvalue weighted by Crippen LogP contribution is -2.23. The van der Waals surface area contributed by atoms with E-state index in [1.807, 2.05) is 7.05 Å². The number of benzene rings is 1. The number of ether oxygens (including phenoxy) is 1. The van der Waals surface area contributed by atoms with Crippen LogP contribution < -0.4 is 9.30 Å². The molecule has 0 spiro atoms. The molecule has 3 heteroatoms. The van der Waals surface area contributed by atoms with E-state index in [9.17, 15) is 0 Å². The molecule has 3 nitrogen and oxygen atoms in total. The second kappa shape index (κ2) is 14.3. The van der Waals surface area contributed by atoms with E-state index in [-0.39, 0.29) is 0 Å². The van der Waals surface area contributed by atoms with Gasteiger partial charge in [-0.25, -0.2) is 9.13 Å². The van der Waals surface area contributed by atoms with Crippen molar-refractivity contribution >= 4 is 0 Å². The third-order valence-electron chi connectivity index (χ3n) is 5.38. The zero-order valence-corrected chi connectivity index (χ0v) is 18.2. The Kier molecular flexibility index (Phi) is 11.5. The maximum Gasteiger partial charge on any atom is 0.243 e. The van der Waals surface area contributed by atoms with Gasteiger partial charge in [0.2, 0.25) is 6.33 Å². The van der Waals surface area contributed by atoms with E-state index in [1.54, 1.807) is 0 Å². The molecule has 1 aromatic carbocycles. The van der Waals surface area contributed by atoms with Crippen LogP contribution in [0.5, 0.6) is 5.75 Å². The van der Waals surface area contributed by atoms with Crippen molar-refractivity contribution in [3.05, 3.63) is 48.5 Å². The Labute approximate surface area is 172 Å². The van der Waals surface area contributed by atoms with Gasteiger partial charge < -0.3 is 4.74 Å². The zero-order valence-electron chi connectivity index (χ0n) is 18.2. The van der Waals surface area contributed by atoms with E-state index in [4.69, 9.17) is 4.74 Å². The lowest BCUT2D eigenvalue weighted by atomic mass is 10.1. The van der Waals surface area contributed by atoms with Gasteiger partial charge in [-0.05, 0) is 24.1 Å². The largest absolute Gasteiger partial charge is 0.494 e. The highest BCUT2D eigenvalue weighted by atomic mass is 16.5. The highest BCUT2D eigenvalue weighted by Gasteiger charge is 2.02. The number of hydrogen-bond acceptors (Lipinski definition) is 1. The third kappa shape index (κ3) is 9.96. The Morgan fingerprint density at radius 2 is 1.36 bits per heavy atom. The van der Waals surface area contributed by atoms with Gasteiger partial charge in [-0.2, -0.15) is 0 Å². The van der Waals surface area contributed by atoms with Gasteiger partial charge in [0.05, 0.1) is 13.7 Å². The Morgan fingerprint density at radius 1 is 0.786 bits per heavy atom. The van der Waals surface area contributed by atoms with E-state index in [2.05, 4.69) is 59.0 Å². The Balaban J connectivity index is 1.43. The maximum atomic E-state index is 5.90. The second-order valence-corrected chi connectivity index (χ2v) is 8.13. The molecule has 2 rings (SSSR count).